The number of halogens is 2. The summed E-state index contributed by atoms with van der Waals surface area (Å²) >= 11 is 3.61. The Morgan fingerprint density at radius 2 is 2.11 bits per heavy atom. The molecular formula is C14H17BrFNO. The molecule has 1 aromatic rings. The summed E-state index contributed by atoms with van der Waals surface area (Å²) in [5, 5.41) is 0. The first-order valence-electron chi connectivity index (χ1n) is 6.22. The van der Waals surface area contributed by atoms with E-state index in [1.807, 2.05) is 4.90 Å². The second-order valence-corrected chi connectivity index (χ2v) is 6.10. The third kappa shape index (κ3) is 3.31. The number of carbonyl (C=O) groups is 1. The lowest BCUT2D eigenvalue weighted by atomic mass is 9.98. The lowest BCUT2D eigenvalue weighted by Gasteiger charge is -2.34. The van der Waals surface area contributed by atoms with Crippen LogP contribution in [0.3, 0.4) is 0 Å². The van der Waals surface area contributed by atoms with Gasteiger partial charge >= 0.3 is 0 Å². The van der Waals surface area contributed by atoms with Gasteiger partial charge in [-0.15, -0.1) is 0 Å². The van der Waals surface area contributed by atoms with Gasteiger partial charge in [-0.3, -0.25) is 4.79 Å². The average molecular weight is 314 g/mol. The molecule has 18 heavy (non-hydrogen) atoms. The van der Waals surface area contributed by atoms with E-state index >= 15 is 0 Å². The average Bonchev–Trinajstić information content (AvgIpc) is 2.35. The van der Waals surface area contributed by atoms with Gasteiger partial charge in [-0.1, -0.05) is 35.0 Å². The molecule has 2 unspecified atom stereocenters. The van der Waals surface area contributed by atoms with Crippen molar-refractivity contribution in [2.24, 2.45) is 5.92 Å². The summed E-state index contributed by atoms with van der Waals surface area (Å²) in [6, 6.07) is 6.14. The summed E-state index contributed by atoms with van der Waals surface area (Å²) in [7, 11) is 0. The SMILES string of the molecule is CC1CCN(C(=O)Cc2ccc(F)cc2)CC1Br. The van der Waals surface area contributed by atoms with Gasteiger partial charge in [0, 0.05) is 17.9 Å². The minimum Gasteiger partial charge on any atom is -0.341 e. The highest BCUT2D eigenvalue weighted by molar-refractivity contribution is 9.09. The van der Waals surface area contributed by atoms with Crippen LogP contribution in [0.25, 0.3) is 0 Å². The molecule has 0 N–H and O–H groups in total. The summed E-state index contributed by atoms with van der Waals surface area (Å²) in [6.07, 6.45) is 1.39. The van der Waals surface area contributed by atoms with E-state index in [0.29, 0.717) is 17.2 Å². The predicted molar refractivity (Wildman–Crippen MR) is 73.2 cm³/mol. The standard InChI is InChI=1S/C14H17BrFNO/c1-10-6-7-17(9-13(10)15)14(18)8-11-2-4-12(16)5-3-11/h2-5,10,13H,6-9H2,1H3. The molecule has 1 aliphatic rings. The van der Waals surface area contributed by atoms with E-state index in [-0.39, 0.29) is 11.7 Å². The number of piperidine rings is 1. The van der Waals surface area contributed by atoms with Crippen LogP contribution >= 0.6 is 15.9 Å². The predicted octanol–water partition coefficient (Wildman–Crippen LogP) is 3.00. The number of alkyl halides is 1. The van der Waals surface area contributed by atoms with Crippen LogP contribution in [0.4, 0.5) is 4.39 Å². The number of carbonyl (C=O) groups excluding carboxylic acids is 1. The first-order valence-corrected chi connectivity index (χ1v) is 7.14. The van der Waals surface area contributed by atoms with Crippen molar-refractivity contribution in [1.82, 2.24) is 4.90 Å². The van der Waals surface area contributed by atoms with Gasteiger partial charge in [0.15, 0.2) is 0 Å². The highest BCUT2D eigenvalue weighted by atomic mass is 79.9. The van der Waals surface area contributed by atoms with E-state index in [1.165, 1.54) is 12.1 Å². The lowest BCUT2D eigenvalue weighted by Crippen LogP contribution is -2.44. The molecule has 1 saturated heterocycles. The first kappa shape index (κ1) is 13.5. The maximum Gasteiger partial charge on any atom is 0.227 e. The van der Waals surface area contributed by atoms with Crippen molar-refractivity contribution in [2.45, 2.75) is 24.6 Å². The minimum atomic E-state index is -0.265. The van der Waals surface area contributed by atoms with E-state index in [4.69, 9.17) is 0 Å². The molecule has 0 spiro atoms. The number of hydrogen-bond donors (Lipinski definition) is 0. The Balaban J connectivity index is 1.94. The molecule has 4 heteroatoms. The second kappa shape index (κ2) is 5.83. The molecule has 0 bridgehead atoms. The quantitative estimate of drug-likeness (QED) is 0.769. The van der Waals surface area contributed by atoms with E-state index in [9.17, 15) is 9.18 Å². The fourth-order valence-corrected chi connectivity index (χ4v) is 2.75. The van der Waals surface area contributed by atoms with Crippen molar-refractivity contribution < 1.29 is 9.18 Å². The number of rotatable bonds is 2. The van der Waals surface area contributed by atoms with Crippen LogP contribution in [0, 0.1) is 11.7 Å². The molecule has 1 fully saturated rings. The lowest BCUT2D eigenvalue weighted by molar-refractivity contribution is -0.131. The molecule has 1 amide bonds. The fraction of sp³-hybridized carbons (Fsp3) is 0.500. The second-order valence-electron chi connectivity index (χ2n) is 4.92. The van der Waals surface area contributed by atoms with Crippen molar-refractivity contribution in [3.05, 3.63) is 35.6 Å². The van der Waals surface area contributed by atoms with Gasteiger partial charge in [-0.25, -0.2) is 4.39 Å². The molecule has 2 nitrogen and oxygen atoms in total. The molecule has 1 aliphatic heterocycles. The normalized spacial score (nSPS) is 24.1. The Morgan fingerprint density at radius 1 is 1.44 bits per heavy atom. The Bertz CT molecular complexity index is 420. The zero-order valence-electron chi connectivity index (χ0n) is 10.4. The summed E-state index contributed by atoms with van der Waals surface area (Å²) in [6.45, 7) is 3.78. The van der Waals surface area contributed by atoms with Crippen LogP contribution in [-0.4, -0.2) is 28.7 Å². The molecular weight excluding hydrogens is 297 g/mol. The Morgan fingerprint density at radius 3 is 2.72 bits per heavy atom. The van der Waals surface area contributed by atoms with Crippen molar-refractivity contribution >= 4 is 21.8 Å². The van der Waals surface area contributed by atoms with Crippen molar-refractivity contribution in [3.8, 4) is 0 Å². The Kier molecular flexibility index (Phi) is 4.38. The molecule has 2 rings (SSSR count). The van der Waals surface area contributed by atoms with Crippen molar-refractivity contribution in [3.63, 3.8) is 0 Å². The highest BCUT2D eigenvalue weighted by Crippen LogP contribution is 2.23. The highest BCUT2D eigenvalue weighted by Gasteiger charge is 2.26. The third-order valence-electron chi connectivity index (χ3n) is 3.49. The van der Waals surface area contributed by atoms with E-state index in [0.717, 1.165) is 25.1 Å². The summed E-state index contributed by atoms with van der Waals surface area (Å²) in [5.74, 6) is 0.469. The Labute approximate surface area is 115 Å². The van der Waals surface area contributed by atoms with Crippen molar-refractivity contribution in [1.29, 1.82) is 0 Å². The number of benzene rings is 1. The van der Waals surface area contributed by atoms with Crippen LogP contribution in [0.2, 0.25) is 0 Å². The van der Waals surface area contributed by atoms with E-state index in [2.05, 4.69) is 22.9 Å². The fourth-order valence-electron chi connectivity index (χ4n) is 2.14. The zero-order chi connectivity index (χ0) is 13.1. The van der Waals surface area contributed by atoms with Crippen LogP contribution in [0.5, 0.6) is 0 Å². The molecule has 0 radical (unpaired) electrons. The maximum atomic E-state index is 12.8. The van der Waals surface area contributed by atoms with Crippen LogP contribution in [-0.2, 0) is 11.2 Å². The molecule has 0 aromatic heterocycles. The number of likely N-dealkylation sites (tertiary alicyclic amines) is 1. The van der Waals surface area contributed by atoms with Gasteiger partial charge in [-0.05, 0) is 30.0 Å². The van der Waals surface area contributed by atoms with Gasteiger partial charge in [0.1, 0.15) is 5.82 Å². The molecule has 1 heterocycles. The van der Waals surface area contributed by atoms with Gasteiger partial charge in [-0.2, -0.15) is 0 Å². The van der Waals surface area contributed by atoms with Gasteiger partial charge in [0.2, 0.25) is 5.91 Å². The largest absolute Gasteiger partial charge is 0.341 e. The molecule has 0 aliphatic carbocycles. The number of amides is 1. The first-order chi connectivity index (χ1) is 8.56. The molecule has 98 valence electrons. The maximum absolute atomic E-state index is 12.8. The Hall–Kier alpha value is -0.900. The summed E-state index contributed by atoms with van der Waals surface area (Å²) < 4.78 is 12.8. The number of hydrogen-bond acceptors (Lipinski definition) is 1. The summed E-state index contributed by atoms with van der Waals surface area (Å²) in [4.78, 5) is 14.4. The summed E-state index contributed by atoms with van der Waals surface area (Å²) in [5.41, 5.74) is 0.867. The van der Waals surface area contributed by atoms with Gasteiger partial charge in [0.05, 0.1) is 6.42 Å². The van der Waals surface area contributed by atoms with Crippen molar-refractivity contribution in [2.75, 3.05) is 13.1 Å². The van der Waals surface area contributed by atoms with E-state index < -0.39 is 0 Å². The van der Waals surface area contributed by atoms with Crippen LogP contribution < -0.4 is 0 Å². The monoisotopic (exact) mass is 313 g/mol. The minimum absolute atomic E-state index is 0.123. The zero-order valence-corrected chi connectivity index (χ0v) is 12.0. The molecule has 1 aromatic carbocycles. The number of nitrogens with zero attached hydrogens (tertiary/aromatic N) is 1. The van der Waals surface area contributed by atoms with Crippen LogP contribution in [0.15, 0.2) is 24.3 Å². The van der Waals surface area contributed by atoms with E-state index in [1.54, 1.807) is 12.1 Å². The smallest absolute Gasteiger partial charge is 0.227 e. The van der Waals surface area contributed by atoms with Gasteiger partial charge < -0.3 is 4.90 Å². The van der Waals surface area contributed by atoms with Crippen LogP contribution in [0.1, 0.15) is 18.9 Å². The molecule has 2 atom stereocenters. The molecule has 0 saturated carbocycles. The topological polar surface area (TPSA) is 20.3 Å². The van der Waals surface area contributed by atoms with Gasteiger partial charge in [0.25, 0.3) is 0 Å². The third-order valence-corrected chi connectivity index (χ3v) is 4.68.